The van der Waals surface area contributed by atoms with Gasteiger partial charge >= 0.3 is 0 Å². The van der Waals surface area contributed by atoms with Gasteiger partial charge in [-0.05, 0) is 51.4 Å². The minimum absolute atomic E-state index is 0.113. The number of benzene rings is 3. The molecule has 0 bridgehead atoms. The van der Waals surface area contributed by atoms with E-state index in [0.29, 0.717) is 6.42 Å². The average Bonchev–Trinajstić information content (AvgIpc) is 2.78. The Bertz CT molecular complexity index is 1030. The molecule has 0 aliphatic carbocycles. The Morgan fingerprint density at radius 2 is 1.48 bits per heavy atom. The highest BCUT2D eigenvalue weighted by molar-refractivity contribution is 14.1. The summed E-state index contributed by atoms with van der Waals surface area (Å²) < 4.78 is 1.05. The third-order valence-corrected chi connectivity index (χ3v) is 5.50. The van der Waals surface area contributed by atoms with Crippen molar-refractivity contribution in [1.29, 1.82) is 5.26 Å². The summed E-state index contributed by atoms with van der Waals surface area (Å²) >= 11 is 2.21. The van der Waals surface area contributed by atoms with Crippen LogP contribution in [0.4, 0.5) is 0 Å². The highest BCUT2D eigenvalue weighted by Gasteiger charge is 2.28. The van der Waals surface area contributed by atoms with Crippen LogP contribution in [0.3, 0.4) is 0 Å². The summed E-state index contributed by atoms with van der Waals surface area (Å²) in [5, 5.41) is 14.3. The molecule has 156 valence electrons. The van der Waals surface area contributed by atoms with Crippen molar-refractivity contribution in [2.24, 2.45) is 0 Å². The molecule has 1 atom stereocenters. The molecule has 0 aliphatic heterocycles. The standard InChI is InChI=1S/C25H22IN3O2/c26-21-13-7-8-18(16-21)17-22(24(30)28-15-14-27)29-25(31)23(19-9-3-1-4-10-19)20-11-5-2-6-12-20/h1-13,16,22-23H,15,17H2,(H,28,30)(H,29,31)/t22-/m0/s1. The summed E-state index contributed by atoms with van der Waals surface area (Å²) in [6, 6.07) is 27.9. The number of nitrogens with zero attached hydrogens (tertiary/aromatic N) is 1. The van der Waals surface area contributed by atoms with Crippen LogP contribution in [0.15, 0.2) is 84.9 Å². The lowest BCUT2D eigenvalue weighted by Crippen LogP contribution is -2.49. The number of nitrogens with one attached hydrogen (secondary N) is 2. The summed E-state index contributed by atoms with van der Waals surface area (Å²) in [4.78, 5) is 26.2. The molecule has 0 unspecified atom stereocenters. The molecule has 3 aromatic carbocycles. The molecule has 0 aliphatic rings. The van der Waals surface area contributed by atoms with Crippen LogP contribution in [-0.2, 0) is 16.0 Å². The first-order chi connectivity index (χ1) is 15.1. The van der Waals surface area contributed by atoms with Crippen molar-refractivity contribution in [2.45, 2.75) is 18.4 Å². The summed E-state index contributed by atoms with van der Waals surface area (Å²) in [6.07, 6.45) is 0.330. The smallest absolute Gasteiger partial charge is 0.243 e. The molecule has 0 spiro atoms. The molecule has 0 heterocycles. The highest BCUT2D eigenvalue weighted by Crippen LogP contribution is 2.25. The van der Waals surface area contributed by atoms with Crippen molar-refractivity contribution in [3.63, 3.8) is 0 Å². The number of carbonyl (C=O) groups excluding carboxylic acids is 2. The van der Waals surface area contributed by atoms with Gasteiger partial charge in [0.1, 0.15) is 12.6 Å². The summed E-state index contributed by atoms with van der Waals surface area (Å²) in [5.74, 6) is -1.20. The normalized spacial score (nSPS) is 11.4. The van der Waals surface area contributed by atoms with Crippen LogP contribution in [0.2, 0.25) is 0 Å². The van der Waals surface area contributed by atoms with Gasteiger partial charge in [-0.15, -0.1) is 0 Å². The average molecular weight is 523 g/mol. The van der Waals surface area contributed by atoms with Crippen LogP contribution in [-0.4, -0.2) is 24.4 Å². The van der Waals surface area contributed by atoms with Gasteiger partial charge in [0.2, 0.25) is 11.8 Å². The maximum Gasteiger partial charge on any atom is 0.243 e. The predicted octanol–water partition coefficient (Wildman–Crippen LogP) is 3.79. The zero-order valence-electron chi connectivity index (χ0n) is 16.8. The van der Waals surface area contributed by atoms with Crippen LogP contribution >= 0.6 is 22.6 Å². The Morgan fingerprint density at radius 3 is 2.03 bits per heavy atom. The van der Waals surface area contributed by atoms with Crippen molar-refractivity contribution in [1.82, 2.24) is 10.6 Å². The highest BCUT2D eigenvalue weighted by atomic mass is 127. The summed E-state index contributed by atoms with van der Waals surface area (Å²) in [7, 11) is 0. The molecule has 5 nitrogen and oxygen atoms in total. The first-order valence-electron chi connectivity index (χ1n) is 9.88. The molecule has 2 N–H and O–H groups in total. The molecule has 2 amide bonds. The maximum absolute atomic E-state index is 13.4. The molecule has 0 radical (unpaired) electrons. The molecular weight excluding hydrogens is 501 g/mol. The van der Waals surface area contributed by atoms with E-state index in [2.05, 4.69) is 33.2 Å². The van der Waals surface area contributed by atoms with Crippen molar-refractivity contribution >= 4 is 34.4 Å². The lowest BCUT2D eigenvalue weighted by Gasteiger charge is -2.23. The van der Waals surface area contributed by atoms with E-state index < -0.39 is 12.0 Å². The molecule has 6 heteroatoms. The molecule has 3 aromatic rings. The lowest BCUT2D eigenvalue weighted by atomic mass is 9.90. The van der Waals surface area contributed by atoms with E-state index in [4.69, 9.17) is 5.26 Å². The monoisotopic (exact) mass is 523 g/mol. The summed E-state index contributed by atoms with van der Waals surface area (Å²) in [5.41, 5.74) is 2.62. The summed E-state index contributed by atoms with van der Waals surface area (Å²) in [6.45, 7) is -0.113. The second kappa shape index (κ2) is 11.3. The van der Waals surface area contributed by atoms with E-state index in [-0.39, 0.29) is 18.4 Å². The molecular formula is C25H22IN3O2. The van der Waals surface area contributed by atoms with Crippen LogP contribution in [0.1, 0.15) is 22.6 Å². The first-order valence-corrected chi connectivity index (χ1v) is 11.0. The van der Waals surface area contributed by atoms with Gasteiger partial charge in [0, 0.05) is 9.99 Å². The van der Waals surface area contributed by atoms with Crippen LogP contribution < -0.4 is 10.6 Å². The number of hydrogen-bond donors (Lipinski definition) is 2. The zero-order valence-corrected chi connectivity index (χ0v) is 19.0. The zero-order chi connectivity index (χ0) is 22.1. The van der Waals surface area contributed by atoms with Crippen LogP contribution in [0.5, 0.6) is 0 Å². The van der Waals surface area contributed by atoms with E-state index in [0.717, 1.165) is 20.3 Å². The van der Waals surface area contributed by atoms with E-state index in [1.165, 1.54) is 0 Å². The lowest BCUT2D eigenvalue weighted by molar-refractivity contribution is -0.129. The second-order valence-electron chi connectivity index (χ2n) is 7.03. The number of amides is 2. The minimum atomic E-state index is -0.797. The van der Waals surface area contributed by atoms with Crippen LogP contribution in [0.25, 0.3) is 0 Å². The SMILES string of the molecule is N#CCNC(=O)[C@H](Cc1cccc(I)c1)NC(=O)C(c1ccccc1)c1ccccc1. The predicted molar refractivity (Wildman–Crippen MR) is 128 cm³/mol. The number of rotatable bonds is 8. The number of hydrogen-bond acceptors (Lipinski definition) is 3. The maximum atomic E-state index is 13.4. The molecule has 0 fully saturated rings. The Labute approximate surface area is 195 Å². The third-order valence-electron chi connectivity index (χ3n) is 4.83. The molecule has 0 saturated heterocycles. The number of halogens is 1. The molecule has 31 heavy (non-hydrogen) atoms. The topological polar surface area (TPSA) is 82.0 Å². The van der Waals surface area contributed by atoms with E-state index >= 15 is 0 Å². The second-order valence-corrected chi connectivity index (χ2v) is 8.27. The number of carbonyl (C=O) groups is 2. The minimum Gasteiger partial charge on any atom is -0.343 e. The fourth-order valence-electron chi connectivity index (χ4n) is 3.40. The van der Waals surface area contributed by atoms with Gasteiger partial charge in [0.05, 0.1) is 12.0 Å². The van der Waals surface area contributed by atoms with E-state index in [1.54, 1.807) is 0 Å². The Balaban J connectivity index is 1.89. The number of nitriles is 1. The largest absolute Gasteiger partial charge is 0.343 e. The van der Waals surface area contributed by atoms with Gasteiger partial charge in [0.15, 0.2) is 0 Å². The van der Waals surface area contributed by atoms with Crippen LogP contribution in [0, 0.1) is 14.9 Å². The van der Waals surface area contributed by atoms with Gasteiger partial charge in [-0.2, -0.15) is 5.26 Å². The van der Waals surface area contributed by atoms with Crippen molar-refractivity contribution in [3.8, 4) is 6.07 Å². The van der Waals surface area contributed by atoms with Gasteiger partial charge in [-0.1, -0.05) is 72.8 Å². The molecule has 0 aromatic heterocycles. The first kappa shape index (κ1) is 22.5. The molecule has 0 saturated carbocycles. The van der Waals surface area contributed by atoms with Crippen molar-refractivity contribution in [2.75, 3.05) is 6.54 Å². The van der Waals surface area contributed by atoms with Gasteiger partial charge < -0.3 is 10.6 Å². The fraction of sp³-hybridized carbons (Fsp3) is 0.160. The Hall–Kier alpha value is -3.18. The van der Waals surface area contributed by atoms with E-state index in [9.17, 15) is 9.59 Å². The van der Waals surface area contributed by atoms with Gasteiger partial charge in [-0.25, -0.2) is 0 Å². The fourth-order valence-corrected chi connectivity index (χ4v) is 4.01. The van der Waals surface area contributed by atoms with Gasteiger partial charge in [-0.3, -0.25) is 9.59 Å². The third kappa shape index (κ3) is 6.40. The molecule has 3 rings (SSSR count). The Kier molecular flexibility index (Phi) is 8.19. The quantitative estimate of drug-likeness (QED) is 0.348. The Morgan fingerprint density at radius 1 is 0.871 bits per heavy atom. The van der Waals surface area contributed by atoms with Crippen molar-refractivity contribution < 1.29 is 9.59 Å². The van der Waals surface area contributed by atoms with E-state index in [1.807, 2.05) is 91.0 Å². The van der Waals surface area contributed by atoms with Gasteiger partial charge in [0.25, 0.3) is 0 Å². The van der Waals surface area contributed by atoms with Crippen molar-refractivity contribution in [3.05, 3.63) is 105 Å².